The van der Waals surface area contributed by atoms with Crippen molar-refractivity contribution in [1.29, 1.82) is 0 Å². The number of halogens is 1. The van der Waals surface area contributed by atoms with E-state index in [1.807, 2.05) is 6.20 Å². The largest absolute Gasteiger partial charge is 0.379 e. The van der Waals surface area contributed by atoms with Crippen molar-refractivity contribution in [2.45, 2.75) is 6.92 Å². The van der Waals surface area contributed by atoms with Crippen LogP contribution >= 0.6 is 22.6 Å². The van der Waals surface area contributed by atoms with Gasteiger partial charge in [0.05, 0.1) is 16.8 Å². The van der Waals surface area contributed by atoms with Crippen LogP contribution in [-0.2, 0) is 4.74 Å². The summed E-state index contributed by atoms with van der Waals surface area (Å²) in [5.74, 6) is 1.58. The first-order valence-corrected chi connectivity index (χ1v) is 6.13. The average molecular weight is 319 g/mol. The molecule has 15 heavy (non-hydrogen) atoms. The number of aromatic nitrogens is 2. The summed E-state index contributed by atoms with van der Waals surface area (Å²) in [4.78, 5) is 10.6. The Labute approximate surface area is 103 Å². The normalized spacial score (nSPS) is 22.5. The Hall–Kier alpha value is -0.430. The molecular formula is C10H14IN3O. The van der Waals surface area contributed by atoms with Gasteiger partial charge >= 0.3 is 0 Å². The van der Waals surface area contributed by atoms with Crippen molar-refractivity contribution in [1.82, 2.24) is 9.97 Å². The lowest BCUT2D eigenvalue weighted by Crippen LogP contribution is -2.30. The zero-order chi connectivity index (χ0) is 10.7. The summed E-state index contributed by atoms with van der Waals surface area (Å²) in [5.41, 5.74) is 0. The summed E-state index contributed by atoms with van der Waals surface area (Å²) in [6.07, 6.45) is 3.45. The van der Waals surface area contributed by atoms with Crippen LogP contribution in [0.5, 0.6) is 0 Å². The molecule has 1 atom stereocenters. The van der Waals surface area contributed by atoms with E-state index in [4.69, 9.17) is 4.74 Å². The van der Waals surface area contributed by atoms with Gasteiger partial charge in [-0.05, 0) is 28.5 Å². The van der Waals surface area contributed by atoms with Crippen LogP contribution in [-0.4, -0.2) is 36.3 Å². The number of hydrogen-bond acceptors (Lipinski definition) is 4. The van der Waals surface area contributed by atoms with E-state index in [-0.39, 0.29) is 0 Å². The molecule has 0 aliphatic carbocycles. The molecular weight excluding hydrogens is 305 g/mol. The third kappa shape index (κ3) is 2.78. The first-order valence-electron chi connectivity index (χ1n) is 5.05. The van der Waals surface area contributed by atoms with Crippen LogP contribution in [0.2, 0.25) is 0 Å². The summed E-state index contributed by atoms with van der Waals surface area (Å²) in [6, 6.07) is 0. The molecule has 82 valence electrons. The minimum absolute atomic E-state index is 0.554. The van der Waals surface area contributed by atoms with Crippen LogP contribution in [0.25, 0.3) is 0 Å². The predicted molar refractivity (Wildman–Crippen MR) is 66.9 cm³/mol. The molecule has 1 fully saturated rings. The molecule has 4 nitrogen and oxygen atoms in total. The molecule has 0 aromatic carbocycles. The third-order valence-electron chi connectivity index (χ3n) is 2.39. The van der Waals surface area contributed by atoms with Gasteiger partial charge in [-0.1, -0.05) is 6.92 Å². The Kier molecular flexibility index (Phi) is 3.74. The fourth-order valence-electron chi connectivity index (χ4n) is 1.71. The van der Waals surface area contributed by atoms with E-state index < -0.39 is 0 Å². The molecule has 0 spiro atoms. The van der Waals surface area contributed by atoms with Gasteiger partial charge in [0.1, 0.15) is 12.1 Å². The van der Waals surface area contributed by atoms with Crippen molar-refractivity contribution in [3.05, 3.63) is 16.1 Å². The third-order valence-corrected chi connectivity index (χ3v) is 3.15. The second-order valence-corrected chi connectivity index (χ2v) is 4.98. The monoisotopic (exact) mass is 319 g/mol. The summed E-state index contributed by atoms with van der Waals surface area (Å²) >= 11 is 2.27. The topological polar surface area (TPSA) is 38.2 Å². The van der Waals surface area contributed by atoms with Crippen molar-refractivity contribution < 1.29 is 4.74 Å². The zero-order valence-corrected chi connectivity index (χ0v) is 10.8. The van der Waals surface area contributed by atoms with Gasteiger partial charge in [0.2, 0.25) is 0 Å². The molecule has 1 aromatic rings. The second-order valence-electron chi connectivity index (χ2n) is 3.82. The Bertz CT molecular complexity index is 334. The van der Waals surface area contributed by atoms with E-state index in [1.54, 1.807) is 6.33 Å². The highest BCUT2D eigenvalue weighted by molar-refractivity contribution is 14.1. The van der Waals surface area contributed by atoms with Gasteiger partial charge in [-0.15, -0.1) is 0 Å². The van der Waals surface area contributed by atoms with E-state index >= 15 is 0 Å². The molecule has 0 bridgehead atoms. The smallest absolute Gasteiger partial charge is 0.145 e. The molecule has 1 aliphatic heterocycles. The molecule has 0 radical (unpaired) electrons. The molecule has 1 saturated heterocycles. The van der Waals surface area contributed by atoms with E-state index in [0.29, 0.717) is 5.92 Å². The van der Waals surface area contributed by atoms with Crippen LogP contribution in [0.15, 0.2) is 12.5 Å². The molecule has 1 aromatic heterocycles. The minimum Gasteiger partial charge on any atom is -0.379 e. The van der Waals surface area contributed by atoms with Crippen LogP contribution in [0.4, 0.5) is 5.82 Å². The maximum atomic E-state index is 5.51. The van der Waals surface area contributed by atoms with E-state index in [9.17, 15) is 0 Å². The summed E-state index contributed by atoms with van der Waals surface area (Å²) < 4.78 is 6.61. The van der Waals surface area contributed by atoms with Crippen molar-refractivity contribution in [2.24, 2.45) is 5.92 Å². The highest BCUT2D eigenvalue weighted by Gasteiger charge is 2.17. The van der Waals surface area contributed by atoms with Crippen LogP contribution in [0.3, 0.4) is 0 Å². The summed E-state index contributed by atoms with van der Waals surface area (Å²) in [7, 11) is 0. The Morgan fingerprint density at radius 2 is 2.47 bits per heavy atom. The minimum atomic E-state index is 0.554. The standard InChI is InChI=1S/C10H14IN3O/c1-8-5-14(2-3-15-6-8)10-9(11)4-12-7-13-10/h4,7-8H,2-3,5-6H2,1H3. The molecule has 0 amide bonds. The predicted octanol–water partition coefficient (Wildman–Crippen LogP) is 1.55. The lowest BCUT2D eigenvalue weighted by atomic mass is 10.2. The summed E-state index contributed by atoms with van der Waals surface area (Å²) in [6.45, 7) is 5.75. The Morgan fingerprint density at radius 3 is 3.27 bits per heavy atom. The molecule has 1 unspecified atom stereocenters. The van der Waals surface area contributed by atoms with Gasteiger partial charge in [0.15, 0.2) is 0 Å². The van der Waals surface area contributed by atoms with E-state index in [1.165, 1.54) is 0 Å². The molecule has 0 saturated carbocycles. The molecule has 1 aliphatic rings. The first-order chi connectivity index (χ1) is 7.27. The van der Waals surface area contributed by atoms with Crippen LogP contribution < -0.4 is 4.90 Å². The maximum absolute atomic E-state index is 5.51. The number of hydrogen-bond donors (Lipinski definition) is 0. The van der Waals surface area contributed by atoms with Crippen molar-refractivity contribution in [2.75, 3.05) is 31.2 Å². The molecule has 2 heterocycles. The molecule has 5 heteroatoms. The molecule has 2 rings (SSSR count). The van der Waals surface area contributed by atoms with Crippen molar-refractivity contribution >= 4 is 28.4 Å². The molecule has 0 N–H and O–H groups in total. The summed E-state index contributed by atoms with van der Waals surface area (Å²) in [5, 5.41) is 0. The van der Waals surface area contributed by atoms with E-state index in [2.05, 4.69) is 44.4 Å². The van der Waals surface area contributed by atoms with Gasteiger partial charge < -0.3 is 9.64 Å². The maximum Gasteiger partial charge on any atom is 0.145 e. The fourth-order valence-corrected chi connectivity index (χ4v) is 2.35. The van der Waals surface area contributed by atoms with Crippen LogP contribution in [0, 0.1) is 9.49 Å². The van der Waals surface area contributed by atoms with Gasteiger partial charge in [0.25, 0.3) is 0 Å². The lowest BCUT2D eigenvalue weighted by Gasteiger charge is -2.23. The van der Waals surface area contributed by atoms with Crippen molar-refractivity contribution in [3.8, 4) is 0 Å². The Morgan fingerprint density at radius 1 is 1.60 bits per heavy atom. The quantitative estimate of drug-likeness (QED) is 0.736. The average Bonchev–Trinajstić information content (AvgIpc) is 2.43. The van der Waals surface area contributed by atoms with Crippen molar-refractivity contribution in [3.63, 3.8) is 0 Å². The Balaban J connectivity index is 2.18. The number of anilines is 1. The second kappa shape index (κ2) is 5.07. The van der Waals surface area contributed by atoms with E-state index in [0.717, 1.165) is 35.7 Å². The highest BCUT2D eigenvalue weighted by Crippen LogP contribution is 2.20. The zero-order valence-electron chi connectivity index (χ0n) is 8.69. The number of ether oxygens (including phenoxy) is 1. The number of nitrogens with zero attached hydrogens (tertiary/aromatic N) is 3. The fraction of sp³-hybridized carbons (Fsp3) is 0.600. The van der Waals surface area contributed by atoms with Gasteiger partial charge in [-0.25, -0.2) is 9.97 Å². The SMILES string of the molecule is CC1COCCN(c2ncncc2I)C1. The van der Waals surface area contributed by atoms with Crippen LogP contribution in [0.1, 0.15) is 6.92 Å². The highest BCUT2D eigenvalue weighted by atomic mass is 127. The van der Waals surface area contributed by atoms with Gasteiger partial charge in [-0.3, -0.25) is 0 Å². The van der Waals surface area contributed by atoms with Gasteiger partial charge in [0, 0.05) is 19.3 Å². The van der Waals surface area contributed by atoms with Gasteiger partial charge in [-0.2, -0.15) is 0 Å². The number of rotatable bonds is 1. The first kappa shape index (κ1) is 11.1. The lowest BCUT2D eigenvalue weighted by molar-refractivity contribution is 0.129.